The van der Waals surface area contributed by atoms with Crippen LogP contribution in [0.1, 0.15) is 23.4 Å². The van der Waals surface area contributed by atoms with Crippen LogP contribution in [0.5, 0.6) is 0 Å². The summed E-state index contributed by atoms with van der Waals surface area (Å²) in [7, 11) is 0. The van der Waals surface area contributed by atoms with Gasteiger partial charge in [0.25, 0.3) is 0 Å². The van der Waals surface area contributed by atoms with Gasteiger partial charge in [-0.05, 0) is 42.1 Å². The predicted octanol–water partition coefficient (Wildman–Crippen LogP) is 2.97. The van der Waals surface area contributed by atoms with Gasteiger partial charge in [0.1, 0.15) is 5.82 Å². The molecule has 3 heterocycles. The van der Waals surface area contributed by atoms with Crippen molar-refractivity contribution in [3.8, 4) is 0 Å². The number of para-hydroxylation sites is 1. The molecule has 2 aromatic heterocycles. The van der Waals surface area contributed by atoms with Gasteiger partial charge in [0.05, 0.1) is 11.7 Å². The lowest BCUT2D eigenvalue weighted by molar-refractivity contribution is -0.140. The van der Waals surface area contributed by atoms with E-state index in [1.807, 2.05) is 41.5 Å². The second-order valence-electron chi connectivity index (χ2n) is 8.24. The van der Waals surface area contributed by atoms with Gasteiger partial charge in [-0.2, -0.15) is 0 Å². The molecule has 178 valence electrons. The highest BCUT2D eigenvalue weighted by Gasteiger charge is 2.32. The minimum Gasteiger partial charge on any atom is -0.367 e. The number of benzene rings is 1. The standard InChI is InChI=1S/C25H28FN5O2S/c1-18(29-25(33)24(32)28-17-19-6-4-10-27-16-19)23(22-9-5-15-34-22)31-13-11-30(12-14-31)21-8-3-2-7-20(21)26/h2-10,15-16,18,23H,11-14,17H2,1H3,(H,28,32)(H,29,33)/t18-,23+/m1/s1. The molecule has 0 bridgehead atoms. The molecule has 2 atom stereocenters. The highest BCUT2D eigenvalue weighted by molar-refractivity contribution is 7.10. The molecule has 3 aromatic rings. The van der Waals surface area contributed by atoms with Gasteiger partial charge >= 0.3 is 11.8 Å². The summed E-state index contributed by atoms with van der Waals surface area (Å²) in [5.41, 5.74) is 1.43. The number of thiophene rings is 1. The molecule has 4 rings (SSSR count). The van der Waals surface area contributed by atoms with E-state index in [1.54, 1.807) is 41.9 Å². The normalized spacial score (nSPS) is 16.0. The molecular formula is C25H28FN5O2S. The van der Waals surface area contributed by atoms with E-state index in [0.29, 0.717) is 31.9 Å². The first kappa shape index (κ1) is 23.8. The predicted molar refractivity (Wildman–Crippen MR) is 131 cm³/mol. The van der Waals surface area contributed by atoms with Crippen molar-refractivity contribution in [3.63, 3.8) is 0 Å². The first-order chi connectivity index (χ1) is 16.5. The second-order valence-corrected chi connectivity index (χ2v) is 9.22. The number of nitrogens with zero attached hydrogens (tertiary/aromatic N) is 3. The van der Waals surface area contributed by atoms with E-state index in [2.05, 4.69) is 20.5 Å². The third-order valence-corrected chi connectivity index (χ3v) is 6.89. The molecule has 1 aliphatic rings. The largest absolute Gasteiger partial charge is 0.367 e. The SMILES string of the molecule is C[C@@H](NC(=O)C(=O)NCc1cccnc1)[C@@H](c1cccs1)N1CCN(c2ccccc2F)CC1. The first-order valence-electron chi connectivity index (χ1n) is 11.3. The Morgan fingerprint density at radius 2 is 1.85 bits per heavy atom. The number of carbonyl (C=O) groups is 2. The molecule has 0 saturated carbocycles. The second kappa shape index (κ2) is 11.2. The van der Waals surface area contributed by atoms with Crippen LogP contribution in [0, 0.1) is 5.82 Å². The third-order valence-electron chi connectivity index (χ3n) is 5.95. The zero-order valence-electron chi connectivity index (χ0n) is 19.0. The molecule has 0 aliphatic carbocycles. The van der Waals surface area contributed by atoms with Crippen molar-refractivity contribution < 1.29 is 14.0 Å². The number of carbonyl (C=O) groups excluding carboxylic acids is 2. The summed E-state index contributed by atoms with van der Waals surface area (Å²) in [5.74, 6) is -1.56. The molecule has 0 spiro atoms. The van der Waals surface area contributed by atoms with Crippen molar-refractivity contribution in [2.45, 2.75) is 25.6 Å². The molecule has 9 heteroatoms. The average Bonchev–Trinajstić information content (AvgIpc) is 3.38. The van der Waals surface area contributed by atoms with Crippen LogP contribution >= 0.6 is 11.3 Å². The number of amides is 2. The molecular weight excluding hydrogens is 453 g/mol. The van der Waals surface area contributed by atoms with Gasteiger partial charge in [-0.25, -0.2) is 4.39 Å². The Balaban J connectivity index is 1.38. The molecule has 1 aromatic carbocycles. The summed E-state index contributed by atoms with van der Waals surface area (Å²) in [4.78, 5) is 34.4. The van der Waals surface area contributed by atoms with Crippen LogP contribution in [0.2, 0.25) is 0 Å². The van der Waals surface area contributed by atoms with E-state index in [-0.39, 0.29) is 24.4 Å². The summed E-state index contributed by atoms with van der Waals surface area (Å²) in [6.07, 6.45) is 3.30. The van der Waals surface area contributed by atoms with Gasteiger partial charge in [0.2, 0.25) is 0 Å². The van der Waals surface area contributed by atoms with Gasteiger partial charge < -0.3 is 15.5 Å². The fraction of sp³-hybridized carbons (Fsp3) is 0.320. The molecule has 1 aliphatic heterocycles. The molecule has 2 N–H and O–H groups in total. The maximum absolute atomic E-state index is 14.2. The quantitative estimate of drug-likeness (QED) is 0.508. The summed E-state index contributed by atoms with van der Waals surface area (Å²) < 4.78 is 14.2. The van der Waals surface area contributed by atoms with Crippen LogP contribution in [-0.4, -0.2) is 53.9 Å². The van der Waals surface area contributed by atoms with Crippen LogP contribution in [0.4, 0.5) is 10.1 Å². The molecule has 0 radical (unpaired) electrons. The van der Waals surface area contributed by atoms with E-state index in [0.717, 1.165) is 10.4 Å². The fourth-order valence-electron chi connectivity index (χ4n) is 4.27. The summed E-state index contributed by atoms with van der Waals surface area (Å²) in [6.45, 7) is 4.93. The van der Waals surface area contributed by atoms with Gasteiger partial charge in [0.15, 0.2) is 0 Å². The Kier molecular flexibility index (Phi) is 7.87. The maximum atomic E-state index is 14.2. The van der Waals surface area contributed by atoms with E-state index in [1.165, 1.54) is 6.07 Å². The van der Waals surface area contributed by atoms with Crippen molar-refractivity contribution in [2.24, 2.45) is 0 Å². The average molecular weight is 482 g/mol. The minimum absolute atomic E-state index is 0.0853. The van der Waals surface area contributed by atoms with Crippen LogP contribution in [0.25, 0.3) is 0 Å². The minimum atomic E-state index is -0.676. The number of nitrogens with one attached hydrogen (secondary N) is 2. The van der Waals surface area contributed by atoms with Gasteiger partial charge in [-0.3, -0.25) is 19.5 Å². The molecule has 1 fully saturated rings. The fourth-order valence-corrected chi connectivity index (χ4v) is 5.23. The van der Waals surface area contributed by atoms with Crippen molar-refractivity contribution >= 4 is 28.8 Å². The van der Waals surface area contributed by atoms with Crippen LogP contribution in [0.15, 0.2) is 66.3 Å². The van der Waals surface area contributed by atoms with Crippen LogP contribution in [0.3, 0.4) is 0 Å². The Labute approximate surface area is 202 Å². The summed E-state index contributed by atoms with van der Waals surface area (Å²) >= 11 is 1.62. The zero-order chi connectivity index (χ0) is 23.9. The molecule has 1 saturated heterocycles. The zero-order valence-corrected chi connectivity index (χ0v) is 19.8. The number of pyridine rings is 1. The van der Waals surface area contributed by atoms with Crippen molar-refractivity contribution in [2.75, 3.05) is 31.1 Å². The lowest BCUT2D eigenvalue weighted by Crippen LogP contribution is -2.53. The number of hydrogen-bond acceptors (Lipinski definition) is 6. The lowest BCUT2D eigenvalue weighted by Gasteiger charge is -2.42. The Bertz CT molecular complexity index is 1090. The number of piperazine rings is 1. The first-order valence-corrected chi connectivity index (χ1v) is 12.2. The number of rotatable bonds is 7. The van der Waals surface area contributed by atoms with Gasteiger partial charge in [-0.1, -0.05) is 24.3 Å². The van der Waals surface area contributed by atoms with E-state index >= 15 is 0 Å². The Morgan fingerprint density at radius 3 is 2.53 bits per heavy atom. The van der Waals surface area contributed by atoms with E-state index < -0.39 is 11.8 Å². The Hall–Kier alpha value is -3.30. The van der Waals surface area contributed by atoms with Crippen molar-refractivity contribution in [1.29, 1.82) is 0 Å². The highest BCUT2D eigenvalue weighted by atomic mass is 32.1. The maximum Gasteiger partial charge on any atom is 0.309 e. The number of aromatic nitrogens is 1. The van der Waals surface area contributed by atoms with Gasteiger partial charge in [0, 0.05) is 56.0 Å². The molecule has 2 amide bonds. The smallest absolute Gasteiger partial charge is 0.309 e. The van der Waals surface area contributed by atoms with Crippen LogP contribution < -0.4 is 15.5 Å². The van der Waals surface area contributed by atoms with Crippen molar-refractivity contribution in [1.82, 2.24) is 20.5 Å². The summed E-state index contributed by atoms with van der Waals surface area (Å²) in [6, 6.07) is 14.1. The number of halogens is 1. The summed E-state index contributed by atoms with van der Waals surface area (Å²) in [5, 5.41) is 7.53. The molecule has 34 heavy (non-hydrogen) atoms. The van der Waals surface area contributed by atoms with Crippen molar-refractivity contribution in [3.05, 3.63) is 82.6 Å². The molecule has 7 nitrogen and oxygen atoms in total. The Morgan fingerprint density at radius 1 is 1.06 bits per heavy atom. The topological polar surface area (TPSA) is 77.6 Å². The monoisotopic (exact) mass is 481 g/mol. The molecule has 0 unspecified atom stereocenters. The van der Waals surface area contributed by atoms with Crippen LogP contribution in [-0.2, 0) is 16.1 Å². The van der Waals surface area contributed by atoms with E-state index in [4.69, 9.17) is 0 Å². The lowest BCUT2D eigenvalue weighted by atomic mass is 10.0. The van der Waals surface area contributed by atoms with Gasteiger partial charge in [-0.15, -0.1) is 11.3 Å². The number of anilines is 1. The third kappa shape index (κ3) is 5.78. The van der Waals surface area contributed by atoms with E-state index in [9.17, 15) is 14.0 Å². The highest BCUT2D eigenvalue weighted by Crippen LogP contribution is 2.30. The number of hydrogen-bond donors (Lipinski definition) is 2.